The van der Waals surface area contributed by atoms with E-state index in [9.17, 15) is 4.21 Å². The molecule has 3 unspecified atom stereocenters. The molecule has 0 amide bonds. The maximum absolute atomic E-state index is 12.5. The van der Waals surface area contributed by atoms with Crippen LogP contribution in [0.4, 0.5) is 0 Å². The minimum atomic E-state index is -0.763. The Morgan fingerprint density at radius 2 is 1.80 bits per heavy atom. The van der Waals surface area contributed by atoms with Crippen molar-refractivity contribution in [2.75, 3.05) is 12.3 Å². The van der Waals surface area contributed by atoms with E-state index in [2.05, 4.69) is 50.4 Å². The van der Waals surface area contributed by atoms with Crippen LogP contribution in [0.25, 0.3) is 0 Å². The van der Waals surface area contributed by atoms with Crippen LogP contribution in [0.3, 0.4) is 0 Å². The Balaban J connectivity index is 2.69. The molecule has 1 aromatic rings. The van der Waals surface area contributed by atoms with Crippen molar-refractivity contribution in [1.82, 2.24) is 5.32 Å². The van der Waals surface area contributed by atoms with E-state index in [0.29, 0.717) is 0 Å². The van der Waals surface area contributed by atoms with E-state index < -0.39 is 10.8 Å². The molecule has 0 fully saturated rings. The maximum Gasteiger partial charge on any atom is 0.0514 e. The lowest BCUT2D eigenvalue weighted by molar-refractivity contribution is 0.517. The van der Waals surface area contributed by atoms with E-state index in [-0.39, 0.29) is 11.3 Å². The van der Waals surface area contributed by atoms with Gasteiger partial charge in [-0.25, -0.2) is 0 Å². The van der Waals surface area contributed by atoms with Gasteiger partial charge in [-0.1, -0.05) is 57.0 Å². The van der Waals surface area contributed by atoms with Crippen LogP contribution >= 0.6 is 0 Å². The molecule has 3 heteroatoms. The molecule has 0 saturated heterocycles. The highest BCUT2D eigenvalue weighted by Crippen LogP contribution is 2.21. The maximum atomic E-state index is 12.5. The Labute approximate surface area is 126 Å². The monoisotopic (exact) mass is 295 g/mol. The van der Waals surface area contributed by atoms with Crippen LogP contribution in [0.5, 0.6) is 0 Å². The fourth-order valence-corrected chi connectivity index (χ4v) is 3.76. The molecule has 0 aromatic heterocycles. The minimum Gasteiger partial charge on any atom is -0.309 e. The molecule has 1 N–H and O–H groups in total. The van der Waals surface area contributed by atoms with Gasteiger partial charge >= 0.3 is 0 Å². The molecule has 1 rings (SSSR count). The molecule has 0 radical (unpaired) electrons. The molecule has 3 atom stereocenters. The van der Waals surface area contributed by atoms with Gasteiger partial charge in [0.2, 0.25) is 0 Å². The third kappa shape index (κ3) is 5.76. The summed E-state index contributed by atoms with van der Waals surface area (Å²) in [6.07, 6.45) is 4.53. The van der Waals surface area contributed by atoms with E-state index in [1.165, 1.54) is 18.4 Å². The second-order valence-corrected chi connectivity index (χ2v) is 7.25. The lowest BCUT2D eigenvalue weighted by Crippen LogP contribution is -2.34. The first-order chi connectivity index (χ1) is 9.70. The minimum absolute atomic E-state index is 0.154. The van der Waals surface area contributed by atoms with Gasteiger partial charge < -0.3 is 5.32 Å². The van der Waals surface area contributed by atoms with Gasteiger partial charge in [-0.15, -0.1) is 0 Å². The number of nitrogens with one attached hydrogen (secondary N) is 1. The summed E-state index contributed by atoms with van der Waals surface area (Å²) in [5, 5.41) is 3.72. The van der Waals surface area contributed by atoms with Crippen molar-refractivity contribution < 1.29 is 4.21 Å². The van der Waals surface area contributed by atoms with E-state index in [1.54, 1.807) is 0 Å². The Morgan fingerprint density at radius 1 is 1.10 bits per heavy atom. The van der Waals surface area contributed by atoms with Crippen LogP contribution in [0.1, 0.15) is 58.1 Å². The van der Waals surface area contributed by atoms with Gasteiger partial charge in [0.25, 0.3) is 0 Å². The molecule has 0 aliphatic rings. The largest absolute Gasteiger partial charge is 0.309 e. The average molecular weight is 295 g/mol. The first-order valence-electron chi connectivity index (χ1n) is 7.86. The molecule has 2 nitrogen and oxygen atoms in total. The molecule has 0 heterocycles. The second kappa shape index (κ2) is 10.1. The number of unbranched alkanes of at least 4 members (excludes halogenated alkanes) is 2. The zero-order chi connectivity index (χ0) is 14.8. The van der Waals surface area contributed by atoms with Gasteiger partial charge in [-0.05, 0) is 31.9 Å². The van der Waals surface area contributed by atoms with Gasteiger partial charge in [-0.3, -0.25) is 4.21 Å². The van der Waals surface area contributed by atoms with Crippen molar-refractivity contribution in [2.24, 2.45) is 0 Å². The third-order valence-corrected chi connectivity index (χ3v) is 5.40. The van der Waals surface area contributed by atoms with Gasteiger partial charge in [0.1, 0.15) is 0 Å². The molecule has 0 bridgehead atoms. The molecule has 0 spiro atoms. The van der Waals surface area contributed by atoms with Crippen LogP contribution in [0, 0.1) is 0 Å². The smallest absolute Gasteiger partial charge is 0.0514 e. The Morgan fingerprint density at radius 3 is 2.40 bits per heavy atom. The van der Waals surface area contributed by atoms with Crippen LogP contribution < -0.4 is 5.32 Å². The molecular formula is C17H29NOS. The van der Waals surface area contributed by atoms with E-state index in [0.717, 1.165) is 25.1 Å². The summed E-state index contributed by atoms with van der Waals surface area (Å²) in [6, 6.07) is 10.6. The van der Waals surface area contributed by atoms with Crippen LogP contribution in [-0.2, 0) is 10.8 Å². The number of rotatable bonds is 10. The van der Waals surface area contributed by atoms with Crippen molar-refractivity contribution in [3.8, 4) is 0 Å². The predicted molar refractivity (Wildman–Crippen MR) is 89.5 cm³/mol. The molecule has 0 saturated carbocycles. The summed E-state index contributed by atoms with van der Waals surface area (Å²) < 4.78 is 12.5. The Kier molecular flexibility index (Phi) is 8.79. The summed E-state index contributed by atoms with van der Waals surface area (Å²) in [7, 11) is -0.763. The highest BCUT2D eigenvalue weighted by Gasteiger charge is 2.23. The fraction of sp³-hybridized carbons (Fsp3) is 0.647. The van der Waals surface area contributed by atoms with Crippen LogP contribution in [0.15, 0.2) is 30.3 Å². The predicted octanol–water partition coefficient (Wildman–Crippen LogP) is 4.05. The Bertz CT molecular complexity index is 380. The lowest BCUT2D eigenvalue weighted by Gasteiger charge is -2.25. The third-order valence-electron chi connectivity index (χ3n) is 3.61. The second-order valence-electron chi connectivity index (χ2n) is 5.34. The molecule has 1 aromatic carbocycles. The zero-order valence-electron chi connectivity index (χ0n) is 13.1. The normalized spacial score (nSPS) is 15.8. The van der Waals surface area contributed by atoms with Crippen molar-refractivity contribution in [3.63, 3.8) is 0 Å². The van der Waals surface area contributed by atoms with Crippen molar-refractivity contribution in [1.29, 1.82) is 0 Å². The fourth-order valence-electron chi connectivity index (χ4n) is 2.35. The molecule has 0 aliphatic carbocycles. The van der Waals surface area contributed by atoms with Crippen molar-refractivity contribution in [2.45, 2.75) is 57.7 Å². The Hall–Kier alpha value is -0.670. The summed E-state index contributed by atoms with van der Waals surface area (Å²) in [6.45, 7) is 7.43. The summed E-state index contributed by atoms with van der Waals surface area (Å²) in [5.41, 5.74) is 1.25. The van der Waals surface area contributed by atoms with Gasteiger partial charge in [0.15, 0.2) is 0 Å². The van der Waals surface area contributed by atoms with Crippen molar-refractivity contribution >= 4 is 10.8 Å². The summed E-state index contributed by atoms with van der Waals surface area (Å²) >= 11 is 0. The topological polar surface area (TPSA) is 29.1 Å². The molecular weight excluding hydrogens is 266 g/mol. The SMILES string of the molecule is CCCCCS(=O)C(C)C(NCCC)c1ccccc1. The van der Waals surface area contributed by atoms with Gasteiger partial charge in [0.05, 0.1) is 5.25 Å². The first-order valence-corrected chi connectivity index (χ1v) is 9.24. The molecule has 0 aliphatic heterocycles. The molecule has 20 heavy (non-hydrogen) atoms. The van der Waals surface area contributed by atoms with Crippen molar-refractivity contribution in [3.05, 3.63) is 35.9 Å². The number of hydrogen-bond acceptors (Lipinski definition) is 2. The van der Waals surface area contributed by atoms with E-state index >= 15 is 0 Å². The number of benzene rings is 1. The molecule has 114 valence electrons. The van der Waals surface area contributed by atoms with E-state index in [1.807, 2.05) is 6.07 Å². The van der Waals surface area contributed by atoms with Gasteiger partial charge in [0, 0.05) is 22.6 Å². The van der Waals surface area contributed by atoms with E-state index in [4.69, 9.17) is 0 Å². The standard InChI is InChI=1S/C17H29NOS/c1-4-6-10-14-20(19)15(3)17(18-13-5-2)16-11-8-7-9-12-16/h7-9,11-12,15,17-18H,4-6,10,13-14H2,1-3H3. The van der Waals surface area contributed by atoms with Gasteiger partial charge in [-0.2, -0.15) is 0 Å². The summed E-state index contributed by atoms with van der Waals surface area (Å²) in [4.78, 5) is 0. The zero-order valence-corrected chi connectivity index (χ0v) is 13.9. The first kappa shape index (κ1) is 17.4. The van der Waals surface area contributed by atoms with Crippen LogP contribution in [0.2, 0.25) is 0 Å². The highest BCUT2D eigenvalue weighted by atomic mass is 32.2. The average Bonchev–Trinajstić information content (AvgIpc) is 2.48. The quantitative estimate of drug-likeness (QED) is 0.660. The summed E-state index contributed by atoms with van der Waals surface area (Å²) in [5.74, 6) is 0.826. The van der Waals surface area contributed by atoms with Crippen LogP contribution in [-0.4, -0.2) is 21.8 Å². The highest BCUT2D eigenvalue weighted by molar-refractivity contribution is 7.85. The number of hydrogen-bond donors (Lipinski definition) is 1. The lowest BCUT2D eigenvalue weighted by atomic mass is 10.0.